The van der Waals surface area contributed by atoms with Gasteiger partial charge in [0.15, 0.2) is 0 Å². The van der Waals surface area contributed by atoms with Gasteiger partial charge in [0.25, 0.3) is 5.91 Å². The second kappa shape index (κ2) is 5.72. The molecule has 1 fully saturated rings. The number of benzene rings is 1. The molecule has 1 aromatic carbocycles. The molecule has 1 atom stereocenters. The van der Waals surface area contributed by atoms with Crippen molar-refractivity contribution in [2.24, 2.45) is 0 Å². The lowest BCUT2D eigenvalue weighted by Crippen LogP contribution is -2.28. The number of nitrogens with zero attached hydrogens (tertiary/aromatic N) is 4. The number of likely N-dealkylation sites (tertiary alicyclic amines) is 1. The maximum atomic E-state index is 12.3. The van der Waals surface area contributed by atoms with Crippen LogP contribution in [0, 0.1) is 0 Å². The maximum Gasteiger partial charge on any atom is 0.257 e. The molecule has 0 spiro atoms. The number of carbonyl (C=O) groups excluding carboxylic acids is 1. The minimum atomic E-state index is 0.00430. The zero-order chi connectivity index (χ0) is 15.6. The van der Waals surface area contributed by atoms with Crippen molar-refractivity contribution in [1.82, 2.24) is 19.9 Å². The van der Waals surface area contributed by atoms with E-state index in [1.54, 1.807) is 6.07 Å². The van der Waals surface area contributed by atoms with E-state index in [9.17, 15) is 4.79 Å². The molecule has 0 bridgehead atoms. The molecule has 0 N–H and O–H groups in total. The van der Waals surface area contributed by atoms with Crippen LogP contribution >= 0.6 is 0 Å². The summed E-state index contributed by atoms with van der Waals surface area (Å²) in [6.45, 7) is 1.36. The molecule has 6 nitrogen and oxygen atoms in total. The fourth-order valence-electron chi connectivity index (χ4n) is 2.91. The highest BCUT2D eigenvalue weighted by atomic mass is 16.3. The summed E-state index contributed by atoms with van der Waals surface area (Å²) in [6.07, 6.45) is 5.83. The minimum Gasteiger partial charge on any atom is -0.472 e. The van der Waals surface area contributed by atoms with Crippen LogP contribution in [0.5, 0.6) is 0 Å². The Morgan fingerprint density at radius 3 is 2.87 bits per heavy atom. The first kappa shape index (κ1) is 13.8. The molecular formula is C17H16N4O2. The molecule has 0 aliphatic carbocycles. The molecule has 23 heavy (non-hydrogen) atoms. The van der Waals surface area contributed by atoms with Gasteiger partial charge in [0.05, 0.1) is 24.1 Å². The highest BCUT2D eigenvalue weighted by molar-refractivity contribution is 5.94. The third-order valence-electron chi connectivity index (χ3n) is 4.17. The summed E-state index contributed by atoms with van der Waals surface area (Å²) in [6, 6.07) is 11.8. The summed E-state index contributed by atoms with van der Waals surface area (Å²) < 4.78 is 6.85. The lowest BCUT2D eigenvalue weighted by molar-refractivity contribution is 0.0786. The molecule has 3 aromatic rings. The molecule has 1 aliphatic heterocycles. The van der Waals surface area contributed by atoms with Crippen LogP contribution in [0.25, 0.3) is 11.3 Å². The van der Waals surface area contributed by atoms with Gasteiger partial charge in [0, 0.05) is 18.7 Å². The molecule has 116 valence electrons. The van der Waals surface area contributed by atoms with Crippen molar-refractivity contribution in [3.63, 3.8) is 0 Å². The second-order valence-electron chi connectivity index (χ2n) is 5.66. The van der Waals surface area contributed by atoms with Gasteiger partial charge < -0.3 is 9.32 Å². The van der Waals surface area contributed by atoms with Crippen LogP contribution in [0.15, 0.2) is 59.5 Å². The Balaban J connectivity index is 1.48. The van der Waals surface area contributed by atoms with E-state index in [-0.39, 0.29) is 11.9 Å². The summed E-state index contributed by atoms with van der Waals surface area (Å²) in [5, 5.41) is 8.49. The van der Waals surface area contributed by atoms with Crippen molar-refractivity contribution in [1.29, 1.82) is 0 Å². The van der Waals surface area contributed by atoms with Crippen LogP contribution in [0.2, 0.25) is 0 Å². The average molecular weight is 308 g/mol. The summed E-state index contributed by atoms with van der Waals surface area (Å²) >= 11 is 0. The summed E-state index contributed by atoms with van der Waals surface area (Å²) in [5.41, 5.74) is 2.49. The van der Waals surface area contributed by atoms with Crippen molar-refractivity contribution >= 4 is 5.91 Å². The lowest BCUT2D eigenvalue weighted by atomic mass is 10.2. The zero-order valence-electron chi connectivity index (χ0n) is 12.5. The molecule has 1 amide bonds. The zero-order valence-corrected chi connectivity index (χ0v) is 12.5. The molecule has 6 heteroatoms. The number of aromatic nitrogens is 3. The third-order valence-corrected chi connectivity index (χ3v) is 4.17. The Morgan fingerprint density at radius 1 is 1.22 bits per heavy atom. The first-order chi connectivity index (χ1) is 11.3. The molecule has 0 unspecified atom stereocenters. The van der Waals surface area contributed by atoms with Gasteiger partial charge in [-0.15, -0.1) is 5.10 Å². The standard InChI is InChI=1S/C17H16N4O2/c22-17(14-7-9-23-12-14)20-8-6-15(10-20)21-11-16(18-19-21)13-4-2-1-3-5-13/h1-5,7,9,11-12,15H,6,8,10H2/t15-/m0/s1. The molecule has 1 aliphatic rings. The van der Waals surface area contributed by atoms with E-state index in [0.29, 0.717) is 12.1 Å². The number of furan rings is 1. The predicted molar refractivity (Wildman–Crippen MR) is 83.7 cm³/mol. The van der Waals surface area contributed by atoms with Gasteiger partial charge in [0.2, 0.25) is 0 Å². The largest absolute Gasteiger partial charge is 0.472 e. The van der Waals surface area contributed by atoms with Gasteiger partial charge in [-0.05, 0) is 12.5 Å². The van der Waals surface area contributed by atoms with Gasteiger partial charge in [-0.3, -0.25) is 4.79 Å². The Labute approximate surface area is 133 Å². The number of rotatable bonds is 3. The number of carbonyl (C=O) groups is 1. The topological polar surface area (TPSA) is 64.2 Å². The van der Waals surface area contributed by atoms with Crippen LogP contribution in [0.3, 0.4) is 0 Å². The summed E-state index contributed by atoms with van der Waals surface area (Å²) in [4.78, 5) is 14.2. The normalized spacial score (nSPS) is 17.6. The SMILES string of the molecule is O=C(c1ccoc1)N1CC[C@H](n2cc(-c3ccccc3)nn2)C1. The van der Waals surface area contributed by atoms with Crippen molar-refractivity contribution < 1.29 is 9.21 Å². The van der Waals surface area contributed by atoms with E-state index in [0.717, 1.165) is 24.2 Å². The van der Waals surface area contributed by atoms with E-state index in [1.165, 1.54) is 12.5 Å². The van der Waals surface area contributed by atoms with Crippen LogP contribution in [-0.2, 0) is 0 Å². The Morgan fingerprint density at radius 2 is 2.09 bits per heavy atom. The molecule has 0 saturated carbocycles. The fourth-order valence-corrected chi connectivity index (χ4v) is 2.91. The van der Waals surface area contributed by atoms with Crippen LogP contribution in [-0.4, -0.2) is 38.9 Å². The van der Waals surface area contributed by atoms with Gasteiger partial charge in [-0.1, -0.05) is 35.5 Å². The van der Waals surface area contributed by atoms with Gasteiger partial charge in [-0.25, -0.2) is 4.68 Å². The van der Waals surface area contributed by atoms with Gasteiger partial charge >= 0.3 is 0 Å². The Kier molecular flexibility index (Phi) is 3.42. The van der Waals surface area contributed by atoms with E-state index in [2.05, 4.69) is 10.3 Å². The number of hydrogen-bond acceptors (Lipinski definition) is 4. The monoisotopic (exact) mass is 308 g/mol. The van der Waals surface area contributed by atoms with Crippen LogP contribution < -0.4 is 0 Å². The number of amides is 1. The number of hydrogen-bond donors (Lipinski definition) is 0. The Bertz CT molecular complexity index is 795. The smallest absolute Gasteiger partial charge is 0.257 e. The Hall–Kier alpha value is -2.89. The first-order valence-corrected chi connectivity index (χ1v) is 7.60. The molecule has 2 aromatic heterocycles. The quantitative estimate of drug-likeness (QED) is 0.746. The van der Waals surface area contributed by atoms with E-state index in [1.807, 2.05) is 46.1 Å². The van der Waals surface area contributed by atoms with E-state index >= 15 is 0 Å². The predicted octanol–water partition coefficient (Wildman–Crippen LogP) is 2.63. The molecule has 4 rings (SSSR count). The highest BCUT2D eigenvalue weighted by Gasteiger charge is 2.29. The molecule has 3 heterocycles. The lowest BCUT2D eigenvalue weighted by Gasteiger charge is -2.15. The maximum absolute atomic E-state index is 12.3. The van der Waals surface area contributed by atoms with Crippen LogP contribution in [0.4, 0.5) is 0 Å². The van der Waals surface area contributed by atoms with Crippen molar-refractivity contribution in [3.05, 3.63) is 60.7 Å². The minimum absolute atomic E-state index is 0.00430. The molecule has 0 radical (unpaired) electrons. The van der Waals surface area contributed by atoms with E-state index < -0.39 is 0 Å². The highest BCUT2D eigenvalue weighted by Crippen LogP contribution is 2.24. The van der Waals surface area contributed by atoms with Gasteiger partial charge in [0.1, 0.15) is 12.0 Å². The fraction of sp³-hybridized carbons (Fsp3) is 0.235. The third kappa shape index (κ3) is 2.63. The average Bonchev–Trinajstić information content (AvgIpc) is 3.35. The van der Waals surface area contributed by atoms with Crippen LogP contribution in [0.1, 0.15) is 22.8 Å². The summed E-state index contributed by atoms with van der Waals surface area (Å²) in [5.74, 6) is 0.00430. The van der Waals surface area contributed by atoms with E-state index in [4.69, 9.17) is 4.42 Å². The van der Waals surface area contributed by atoms with Crippen molar-refractivity contribution in [2.75, 3.05) is 13.1 Å². The van der Waals surface area contributed by atoms with Crippen molar-refractivity contribution in [2.45, 2.75) is 12.5 Å². The first-order valence-electron chi connectivity index (χ1n) is 7.60. The summed E-state index contributed by atoms with van der Waals surface area (Å²) in [7, 11) is 0. The molecule has 1 saturated heterocycles. The molecular weight excluding hydrogens is 292 g/mol. The van der Waals surface area contributed by atoms with Gasteiger partial charge in [-0.2, -0.15) is 0 Å². The second-order valence-corrected chi connectivity index (χ2v) is 5.66. The van der Waals surface area contributed by atoms with Crippen molar-refractivity contribution in [3.8, 4) is 11.3 Å².